The zero-order chi connectivity index (χ0) is 12.0. The Morgan fingerprint density at radius 1 is 1.44 bits per heavy atom. The van der Waals surface area contributed by atoms with Gasteiger partial charge in [0.15, 0.2) is 0 Å². The molecule has 0 aliphatic rings. The first-order valence-electron chi connectivity index (χ1n) is 5.45. The molecule has 1 rings (SSSR count). The molecule has 0 heterocycles. The van der Waals surface area contributed by atoms with Crippen LogP contribution in [-0.4, -0.2) is 19.8 Å². The lowest BCUT2D eigenvalue weighted by Crippen LogP contribution is -2.25. The van der Waals surface area contributed by atoms with E-state index in [9.17, 15) is 4.39 Å². The Balaban J connectivity index is 2.85. The monoisotopic (exact) mass is 289 g/mol. The predicted octanol–water partition coefficient (Wildman–Crippen LogP) is 3.28. The minimum atomic E-state index is -0.224. The van der Waals surface area contributed by atoms with Crippen molar-refractivity contribution in [2.24, 2.45) is 0 Å². The molecule has 0 radical (unpaired) electrons. The van der Waals surface area contributed by atoms with Crippen LogP contribution in [0.5, 0.6) is 0 Å². The fourth-order valence-electron chi connectivity index (χ4n) is 1.52. The fourth-order valence-corrected chi connectivity index (χ4v) is 2.05. The van der Waals surface area contributed by atoms with Crippen molar-refractivity contribution in [3.05, 3.63) is 34.1 Å². The van der Waals surface area contributed by atoms with E-state index in [4.69, 9.17) is 4.74 Å². The van der Waals surface area contributed by atoms with Gasteiger partial charge in [-0.3, -0.25) is 0 Å². The number of hydrogen-bond acceptors (Lipinski definition) is 2. The summed E-state index contributed by atoms with van der Waals surface area (Å²) >= 11 is 3.43. The van der Waals surface area contributed by atoms with Gasteiger partial charge in [-0.05, 0) is 37.2 Å². The highest BCUT2D eigenvalue weighted by molar-refractivity contribution is 9.10. The SMILES string of the molecule is CCNC(COCC)c1cc(F)ccc1Br. The molecule has 0 fully saturated rings. The molecule has 0 bridgehead atoms. The fraction of sp³-hybridized carbons (Fsp3) is 0.500. The predicted molar refractivity (Wildman–Crippen MR) is 67.0 cm³/mol. The molecular weight excluding hydrogens is 273 g/mol. The Labute approximate surface area is 104 Å². The zero-order valence-corrected chi connectivity index (χ0v) is 11.2. The van der Waals surface area contributed by atoms with E-state index in [1.54, 1.807) is 6.07 Å². The summed E-state index contributed by atoms with van der Waals surface area (Å²) in [5.41, 5.74) is 0.898. The number of halogens is 2. The molecule has 4 heteroatoms. The Kier molecular flexibility index (Phi) is 5.95. The van der Waals surface area contributed by atoms with Gasteiger partial charge in [0.05, 0.1) is 12.6 Å². The standard InChI is InChI=1S/C12H17BrFNO/c1-3-15-12(8-16-4-2)10-7-9(14)5-6-11(10)13/h5-7,12,15H,3-4,8H2,1-2H3. The van der Waals surface area contributed by atoms with Crippen LogP contribution in [0.25, 0.3) is 0 Å². The molecule has 1 N–H and O–H groups in total. The van der Waals surface area contributed by atoms with Gasteiger partial charge in [-0.15, -0.1) is 0 Å². The number of ether oxygens (including phenoxy) is 1. The number of benzene rings is 1. The van der Waals surface area contributed by atoms with Gasteiger partial charge in [0.1, 0.15) is 5.82 Å². The van der Waals surface area contributed by atoms with Crippen LogP contribution < -0.4 is 5.32 Å². The minimum absolute atomic E-state index is 0.0232. The normalized spacial score (nSPS) is 12.8. The molecule has 0 aliphatic heterocycles. The number of rotatable bonds is 6. The first-order valence-corrected chi connectivity index (χ1v) is 6.24. The van der Waals surface area contributed by atoms with E-state index in [1.807, 2.05) is 13.8 Å². The number of hydrogen-bond donors (Lipinski definition) is 1. The molecule has 0 saturated heterocycles. The highest BCUT2D eigenvalue weighted by Crippen LogP contribution is 2.24. The molecule has 1 atom stereocenters. The topological polar surface area (TPSA) is 21.3 Å². The molecule has 2 nitrogen and oxygen atoms in total. The third-order valence-corrected chi connectivity index (χ3v) is 2.99. The average molecular weight is 290 g/mol. The zero-order valence-electron chi connectivity index (χ0n) is 9.59. The summed E-state index contributed by atoms with van der Waals surface area (Å²) in [4.78, 5) is 0. The van der Waals surface area contributed by atoms with E-state index in [0.29, 0.717) is 13.2 Å². The van der Waals surface area contributed by atoms with Crippen LogP contribution >= 0.6 is 15.9 Å². The maximum Gasteiger partial charge on any atom is 0.123 e. The van der Waals surface area contributed by atoms with E-state index in [1.165, 1.54) is 12.1 Å². The largest absolute Gasteiger partial charge is 0.380 e. The Hall–Kier alpha value is -0.450. The first kappa shape index (κ1) is 13.6. The number of nitrogens with one attached hydrogen (secondary N) is 1. The van der Waals surface area contributed by atoms with E-state index in [-0.39, 0.29) is 11.9 Å². The van der Waals surface area contributed by atoms with Crippen molar-refractivity contribution in [2.45, 2.75) is 19.9 Å². The quantitative estimate of drug-likeness (QED) is 0.868. The van der Waals surface area contributed by atoms with Crippen molar-refractivity contribution in [2.75, 3.05) is 19.8 Å². The van der Waals surface area contributed by atoms with Gasteiger partial charge in [0, 0.05) is 11.1 Å². The lowest BCUT2D eigenvalue weighted by Gasteiger charge is -2.19. The summed E-state index contributed by atoms with van der Waals surface area (Å²) in [6.07, 6.45) is 0. The van der Waals surface area contributed by atoms with Crippen molar-refractivity contribution in [1.29, 1.82) is 0 Å². The van der Waals surface area contributed by atoms with Gasteiger partial charge in [0.25, 0.3) is 0 Å². The van der Waals surface area contributed by atoms with Crippen LogP contribution in [-0.2, 0) is 4.74 Å². The van der Waals surface area contributed by atoms with Crippen LogP contribution in [0, 0.1) is 5.82 Å². The molecule has 0 aromatic heterocycles. The van der Waals surface area contributed by atoms with Crippen LogP contribution in [0.2, 0.25) is 0 Å². The van der Waals surface area contributed by atoms with E-state index >= 15 is 0 Å². The second-order valence-electron chi connectivity index (χ2n) is 3.44. The summed E-state index contributed by atoms with van der Waals surface area (Å²) in [7, 11) is 0. The summed E-state index contributed by atoms with van der Waals surface area (Å²) in [6.45, 7) is 6.00. The van der Waals surface area contributed by atoms with Gasteiger partial charge in [-0.1, -0.05) is 22.9 Å². The van der Waals surface area contributed by atoms with Gasteiger partial charge in [-0.2, -0.15) is 0 Å². The molecule has 16 heavy (non-hydrogen) atoms. The maximum atomic E-state index is 13.2. The maximum absolute atomic E-state index is 13.2. The highest BCUT2D eigenvalue weighted by Gasteiger charge is 2.14. The molecular formula is C12H17BrFNO. The Morgan fingerprint density at radius 2 is 2.19 bits per heavy atom. The third-order valence-electron chi connectivity index (χ3n) is 2.27. The van der Waals surface area contributed by atoms with Crippen molar-refractivity contribution < 1.29 is 9.13 Å². The molecule has 1 aromatic carbocycles. The van der Waals surface area contributed by atoms with Crippen molar-refractivity contribution in [3.63, 3.8) is 0 Å². The summed E-state index contributed by atoms with van der Waals surface area (Å²) in [5, 5.41) is 3.28. The van der Waals surface area contributed by atoms with E-state index in [0.717, 1.165) is 16.6 Å². The van der Waals surface area contributed by atoms with Crippen LogP contribution in [0.4, 0.5) is 4.39 Å². The Morgan fingerprint density at radius 3 is 2.81 bits per heavy atom. The number of likely N-dealkylation sites (N-methyl/N-ethyl adjacent to an activating group) is 1. The molecule has 0 aliphatic carbocycles. The van der Waals surface area contributed by atoms with Crippen molar-refractivity contribution in [3.8, 4) is 0 Å². The summed E-state index contributed by atoms with van der Waals surface area (Å²) in [6, 6.07) is 4.73. The molecule has 0 spiro atoms. The second-order valence-corrected chi connectivity index (χ2v) is 4.29. The molecule has 0 amide bonds. The molecule has 0 saturated carbocycles. The smallest absolute Gasteiger partial charge is 0.123 e. The average Bonchev–Trinajstić information content (AvgIpc) is 2.28. The van der Waals surface area contributed by atoms with Crippen LogP contribution in [0.15, 0.2) is 22.7 Å². The highest BCUT2D eigenvalue weighted by atomic mass is 79.9. The summed E-state index contributed by atoms with van der Waals surface area (Å²) < 4.78 is 19.5. The van der Waals surface area contributed by atoms with Gasteiger partial charge in [0.2, 0.25) is 0 Å². The molecule has 90 valence electrons. The minimum Gasteiger partial charge on any atom is -0.380 e. The second kappa shape index (κ2) is 6.99. The molecule has 1 unspecified atom stereocenters. The first-order chi connectivity index (χ1) is 7.69. The van der Waals surface area contributed by atoms with Gasteiger partial charge >= 0.3 is 0 Å². The van der Waals surface area contributed by atoms with Crippen LogP contribution in [0.3, 0.4) is 0 Å². The lowest BCUT2D eigenvalue weighted by molar-refractivity contribution is 0.123. The molecule has 1 aromatic rings. The lowest BCUT2D eigenvalue weighted by atomic mass is 10.1. The van der Waals surface area contributed by atoms with Gasteiger partial charge < -0.3 is 10.1 Å². The van der Waals surface area contributed by atoms with E-state index < -0.39 is 0 Å². The van der Waals surface area contributed by atoms with Gasteiger partial charge in [-0.25, -0.2) is 4.39 Å². The Bertz CT molecular complexity index is 333. The van der Waals surface area contributed by atoms with Crippen LogP contribution in [0.1, 0.15) is 25.5 Å². The van der Waals surface area contributed by atoms with E-state index in [2.05, 4.69) is 21.2 Å². The van der Waals surface area contributed by atoms with Crippen molar-refractivity contribution in [1.82, 2.24) is 5.32 Å². The third kappa shape index (κ3) is 3.85. The van der Waals surface area contributed by atoms with Crippen molar-refractivity contribution >= 4 is 15.9 Å². The summed E-state index contributed by atoms with van der Waals surface area (Å²) in [5.74, 6) is -0.224.